The standard InChI is InChI=1S/C28H26N2O4/c1-4-14-34-22-11-12-23(19(3)15-22)26(31)24-25(21-9-7-18(2)8-10-21)30(28(33)27(24)32)17-20-6-5-13-29-16-20/h4-13,15-16,25,31H,1,14,17H2,2-3H3/b26-24-. The lowest BCUT2D eigenvalue weighted by Gasteiger charge is -2.25. The smallest absolute Gasteiger partial charge is 0.295 e. The summed E-state index contributed by atoms with van der Waals surface area (Å²) in [5.74, 6) is -0.940. The van der Waals surface area contributed by atoms with Gasteiger partial charge in [-0.25, -0.2) is 0 Å². The minimum atomic E-state index is -0.725. The molecule has 34 heavy (non-hydrogen) atoms. The fourth-order valence-electron chi connectivity index (χ4n) is 4.12. The number of amides is 1. The third-order valence-electron chi connectivity index (χ3n) is 5.83. The topological polar surface area (TPSA) is 79.7 Å². The van der Waals surface area contributed by atoms with Crippen molar-refractivity contribution in [1.82, 2.24) is 9.88 Å². The van der Waals surface area contributed by atoms with E-state index in [9.17, 15) is 14.7 Å². The molecular formula is C28H26N2O4. The summed E-state index contributed by atoms with van der Waals surface area (Å²) < 4.78 is 5.57. The number of Topliss-reactive ketones (excluding diaryl/α,β-unsaturated/α-hetero) is 1. The number of aromatic nitrogens is 1. The average molecular weight is 455 g/mol. The fourth-order valence-corrected chi connectivity index (χ4v) is 4.12. The largest absolute Gasteiger partial charge is 0.507 e. The van der Waals surface area contributed by atoms with Crippen molar-refractivity contribution in [2.24, 2.45) is 0 Å². The van der Waals surface area contributed by atoms with Crippen molar-refractivity contribution in [2.45, 2.75) is 26.4 Å². The summed E-state index contributed by atoms with van der Waals surface area (Å²) in [7, 11) is 0. The van der Waals surface area contributed by atoms with Crippen LogP contribution in [0.4, 0.5) is 0 Å². The molecule has 1 amide bonds. The third kappa shape index (κ3) is 4.48. The molecule has 4 rings (SSSR count). The van der Waals surface area contributed by atoms with Crippen LogP contribution in [0.1, 0.15) is 33.9 Å². The Morgan fingerprint density at radius 3 is 2.56 bits per heavy atom. The molecule has 1 saturated heterocycles. The minimum absolute atomic E-state index is 0.0700. The zero-order valence-electron chi connectivity index (χ0n) is 19.2. The number of pyridine rings is 1. The summed E-state index contributed by atoms with van der Waals surface area (Å²) in [6.45, 7) is 7.98. The summed E-state index contributed by atoms with van der Waals surface area (Å²) in [6.07, 6.45) is 4.96. The van der Waals surface area contributed by atoms with E-state index in [4.69, 9.17) is 4.74 Å². The monoisotopic (exact) mass is 454 g/mol. The molecule has 1 aliphatic rings. The first-order chi connectivity index (χ1) is 16.4. The molecule has 1 N–H and O–H groups in total. The van der Waals surface area contributed by atoms with Crippen LogP contribution >= 0.6 is 0 Å². The lowest BCUT2D eigenvalue weighted by Crippen LogP contribution is -2.29. The Morgan fingerprint density at radius 1 is 1.15 bits per heavy atom. The van der Waals surface area contributed by atoms with Crippen molar-refractivity contribution < 1.29 is 19.4 Å². The maximum Gasteiger partial charge on any atom is 0.295 e. The number of likely N-dealkylation sites (tertiary alicyclic amines) is 1. The summed E-state index contributed by atoms with van der Waals surface area (Å²) >= 11 is 0. The van der Waals surface area contributed by atoms with Gasteiger partial charge in [-0.05, 0) is 54.8 Å². The Morgan fingerprint density at radius 2 is 1.91 bits per heavy atom. The van der Waals surface area contributed by atoms with E-state index in [1.54, 1.807) is 42.7 Å². The highest BCUT2D eigenvalue weighted by atomic mass is 16.5. The molecule has 0 radical (unpaired) electrons. The molecule has 6 heteroatoms. The molecule has 1 aromatic heterocycles. The third-order valence-corrected chi connectivity index (χ3v) is 5.83. The van der Waals surface area contributed by atoms with Gasteiger partial charge in [0, 0.05) is 24.5 Å². The van der Waals surface area contributed by atoms with Crippen molar-refractivity contribution in [3.8, 4) is 5.75 Å². The summed E-state index contributed by atoms with van der Waals surface area (Å²) in [6, 6.07) is 15.7. The fraction of sp³-hybridized carbons (Fsp3) is 0.179. The highest BCUT2D eigenvalue weighted by Gasteiger charge is 2.46. The Labute approximate surface area is 198 Å². The van der Waals surface area contributed by atoms with E-state index in [2.05, 4.69) is 11.6 Å². The van der Waals surface area contributed by atoms with Gasteiger partial charge in [-0.1, -0.05) is 48.6 Å². The molecule has 0 aliphatic carbocycles. The van der Waals surface area contributed by atoms with Gasteiger partial charge in [-0.15, -0.1) is 0 Å². The molecule has 3 aromatic rings. The Bertz CT molecular complexity index is 1260. The average Bonchev–Trinajstić information content (AvgIpc) is 3.08. The molecule has 2 heterocycles. The number of aliphatic hydroxyl groups excluding tert-OH is 1. The first-order valence-corrected chi connectivity index (χ1v) is 11.0. The van der Waals surface area contributed by atoms with E-state index in [1.807, 2.05) is 44.2 Å². The molecule has 1 atom stereocenters. The van der Waals surface area contributed by atoms with E-state index < -0.39 is 17.7 Å². The number of aryl methyl sites for hydroxylation is 2. The van der Waals surface area contributed by atoms with E-state index in [1.165, 1.54) is 4.90 Å². The van der Waals surface area contributed by atoms with Crippen LogP contribution in [0.15, 0.2) is 85.2 Å². The van der Waals surface area contributed by atoms with Crippen LogP contribution in [0.25, 0.3) is 5.76 Å². The number of benzene rings is 2. The second kappa shape index (κ2) is 9.75. The Hall–Kier alpha value is -4.19. The number of ketones is 1. The molecule has 2 aromatic carbocycles. The zero-order valence-corrected chi connectivity index (χ0v) is 19.2. The van der Waals surface area contributed by atoms with Crippen LogP contribution < -0.4 is 4.74 Å². The first-order valence-electron chi connectivity index (χ1n) is 11.0. The van der Waals surface area contributed by atoms with Crippen LogP contribution in [-0.2, 0) is 16.1 Å². The van der Waals surface area contributed by atoms with E-state index in [0.717, 1.165) is 22.3 Å². The number of rotatable bonds is 7. The second-order valence-corrected chi connectivity index (χ2v) is 8.28. The van der Waals surface area contributed by atoms with Crippen molar-refractivity contribution in [3.63, 3.8) is 0 Å². The van der Waals surface area contributed by atoms with Gasteiger partial charge >= 0.3 is 0 Å². The molecule has 1 aliphatic heterocycles. The SMILES string of the molecule is C=CCOc1ccc(/C(O)=C2/C(=O)C(=O)N(Cc3cccnc3)C2c2ccc(C)cc2)c(C)c1. The first kappa shape index (κ1) is 23.0. The molecule has 0 bridgehead atoms. The van der Waals surface area contributed by atoms with Gasteiger partial charge in [0.05, 0.1) is 11.6 Å². The van der Waals surface area contributed by atoms with E-state index >= 15 is 0 Å². The lowest BCUT2D eigenvalue weighted by molar-refractivity contribution is -0.140. The van der Waals surface area contributed by atoms with Gasteiger partial charge in [-0.3, -0.25) is 14.6 Å². The van der Waals surface area contributed by atoms with Gasteiger partial charge in [0.25, 0.3) is 11.7 Å². The maximum atomic E-state index is 13.2. The predicted molar refractivity (Wildman–Crippen MR) is 130 cm³/mol. The van der Waals surface area contributed by atoms with Crippen LogP contribution in [0, 0.1) is 13.8 Å². The van der Waals surface area contributed by atoms with Crippen molar-refractivity contribution in [3.05, 3.63) is 113 Å². The lowest BCUT2D eigenvalue weighted by atomic mass is 9.93. The van der Waals surface area contributed by atoms with Gasteiger partial charge in [-0.2, -0.15) is 0 Å². The molecule has 0 spiro atoms. The highest BCUT2D eigenvalue weighted by Crippen LogP contribution is 2.41. The number of hydrogen-bond donors (Lipinski definition) is 1. The summed E-state index contributed by atoms with van der Waals surface area (Å²) in [5.41, 5.74) is 3.86. The summed E-state index contributed by atoms with van der Waals surface area (Å²) in [5, 5.41) is 11.3. The normalized spacial score (nSPS) is 17.1. The summed E-state index contributed by atoms with van der Waals surface area (Å²) in [4.78, 5) is 32.0. The van der Waals surface area contributed by atoms with Crippen LogP contribution in [0.5, 0.6) is 5.75 Å². The molecule has 6 nitrogen and oxygen atoms in total. The zero-order chi connectivity index (χ0) is 24.2. The second-order valence-electron chi connectivity index (χ2n) is 8.28. The molecule has 1 fully saturated rings. The van der Waals surface area contributed by atoms with E-state index in [0.29, 0.717) is 17.9 Å². The molecular weight excluding hydrogens is 428 g/mol. The van der Waals surface area contributed by atoms with Gasteiger partial charge < -0.3 is 14.7 Å². The van der Waals surface area contributed by atoms with Crippen molar-refractivity contribution in [1.29, 1.82) is 0 Å². The Kier molecular flexibility index (Phi) is 6.59. The number of ether oxygens (including phenoxy) is 1. The Balaban J connectivity index is 1.82. The molecule has 1 unspecified atom stereocenters. The van der Waals surface area contributed by atoms with Gasteiger partial charge in [0.1, 0.15) is 18.1 Å². The predicted octanol–water partition coefficient (Wildman–Crippen LogP) is 4.89. The van der Waals surface area contributed by atoms with Gasteiger partial charge in [0.2, 0.25) is 0 Å². The molecule has 172 valence electrons. The van der Waals surface area contributed by atoms with E-state index in [-0.39, 0.29) is 17.9 Å². The number of nitrogens with zero attached hydrogens (tertiary/aromatic N) is 2. The van der Waals surface area contributed by atoms with Crippen molar-refractivity contribution >= 4 is 17.4 Å². The number of carbonyl (C=O) groups excluding carboxylic acids is 2. The van der Waals surface area contributed by atoms with Crippen LogP contribution in [-0.4, -0.2) is 33.3 Å². The number of carbonyl (C=O) groups is 2. The quantitative estimate of drug-likeness (QED) is 0.238. The van der Waals surface area contributed by atoms with Crippen molar-refractivity contribution in [2.75, 3.05) is 6.61 Å². The maximum absolute atomic E-state index is 13.2. The minimum Gasteiger partial charge on any atom is -0.507 e. The number of hydrogen-bond acceptors (Lipinski definition) is 5. The molecule has 0 saturated carbocycles. The van der Waals surface area contributed by atoms with Gasteiger partial charge in [0.15, 0.2) is 0 Å². The highest BCUT2D eigenvalue weighted by molar-refractivity contribution is 6.46. The van der Waals surface area contributed by atoms with Crippen LogP contribution in [0.3, 0.4) is 0 Å². The number of aliphatic hydroxyl groups is 1. The van der Waals surface area contributed by atoms with Crippen LogP contribution in [0.2, 0.25) is 0 Å².